The normalized spacial score (nSPS) is 11.5. The van der Waals surface area contributed by atoms with Crippen molar-refractivity contribution < 1.29 is 27.2 Å². The third-order valence-electron chi connectivity index (χ3n) is 3.11. The van der Waals surface area contributed by atoms with E-state index < -0.39 is 17.7 Å². The first-order valence-electron chi connectivity index (χ1n) is 6.84. The highest BCUT2D eigenvalue weighted by Crippen LogP contribution is 2.31. The predicted molar refractivity (Wildman–Crippen MR) is 79.7 cm³/mol. The molecule has 1 N–H and O–H groups in total. The van der Waals surface area contributed by atoms with Crippen LogP contribution in [0, 0.1) is 0 Å². The van der Waals surface area contributed by atoms with Gasteiger partial charge in [-0.2, -0.15) is 18.2 Å². The van der Waals surface area contributed by atoms with Crippen LogP contribution in [0.15, 0.2) is 41.1 Å². The van der Waals surface area contributed by atoms with E-state index in [0.29, 0.717) is 5.02 Å². The molecule has 3 rings (SSSR count). The van der Waals surface area contributed by atoms with Gasteiger partial charge in [0.1, 0.15) is 5.69 Å². The number of aromatic amines is 1. The summed E-state index contributed by atoms with van der Waals surface area (Å²) in [7, 11) is 0. The summed E-state index contributed by atoms with van der Waals surface area (Å²) in [6.45, 7) is -0.332. The molecule has 25 heavy (non-hydrogen) atoms. The first-order chi connectivity index (χ1) is 11.8. The number of ether oxygens (including phenoxy) is 1. The Morgan fingerprint density at radius 1 is 1.32 bits per heavy atom. The molecule has 10 heteroatoms. The van der Waals surface area contributed by atoms with Gasteiger partial charge in [-0.15, -0.1) is 0 Å². The van der Waals surface area contributed by atoms with Crippen LogP contribution in [0.2, 0.25) is 5.02 Å². The largest absolute Gasteiger partial charge is 0.451 e. The molecular weight excluding hydrogens is 363 g/mol. The van der Waals surface area contributed by atoms with Crippen molar-refractivity contribution in [2.24, 2.45) is 0 Å². The number of hydrogen-bond donors (Lipinski definition) is 1. The number of benzene rings is 1. The number of hydrogen-bond acceptors (Lipinski definition) is 5. The molecule has 6 nitrogen and oxygen atoms in total. The zero-order valence-corrected chi connectivity index (χ0v) is 13.1. The molecule has 0 aliphatic carbocycles. The molecular formula is C15H9ClF3N3O3. The number of H-pyrrole nitrogens is 1. The lowest BCUT2D eigenvalue weighted by atomic mass is 10.1. The van der Waals surface area contributed by atoms with Crippen molar-refractivity contribution in [3.63, 3.8) is 0 Å². The van der Waals surface area contributed by atoms with Gasteiger partial charge in [-0.3, -0.25) is 0 Å². The molecule has 0 radical (unpaired) electrons. The smallest absolute Gasteiger partial charge is 0.416 e. The molecule has 2 aromatic heterocycles. The highest BCUT2D eigenvalue weighted by atomic mass is 35.5. The lowest BCUT2D eigenvalue weighted by Gasteiger charge is -2.06. The average molecular weight is 372 g/mol. The first-order valence-corrected chi connectivity index (χ1v) is 7.22. The predicted octanol–water partition coefficient (Wildman–Crippen LogP) is 4.09. The fourth-order valence-electron chi connectivity index (χ4n) is 1.96. The van der Waals surface area contributed by atoms with Crippen LogP contribution in [0.4, 0.5) is 13.2 Å². The second-order valence-electron chi connectivity index (χ2n) is 4.90. The summed E-state index contributed by atoms with van der Waals surface area (Å²) in [4.78, 5) is 18.3. The Labute approximate surface area is 143 Å². The van der Waals surface area contributed by atoms with Gasteiger partial charge in [0.25, 0.3) is 5.89 Å². The molecule has 1 aromatic carbocycles. The Morgan fingerprint density at radius 3 is 2.80 bits per heavy atom. The minimum atomic E-state index is -4.48. The Balaban J connectivity index is 1.69. The van der Waals surface area contributed by atoms with Crippen LogP contribution < -0.4 is 0 Å². The lowest BCUT2D eigenvalue weighted by Crippen LogP contribution is -2.05. The molecule has 0 saturated heterocycles. The molecule has 0 atom stereocenters. The van der Waals surface area contributed by atoms with Gasteiger partial charge >= 0.3 is 12.1 Å². The SMILES string of the molecule is O=C(OCc1nc(-c2cccc(C(F)(F)F)c2)no1)c1cc(Cl)c[nH]1. The third-order valence-corrected chi connectivity index (χ3v) is 3.33. The first kappa shape index (κ1) is 17.0. The molecule has 0 amide bonds. The number of halogens is 4. The van der Waals surface area contributed by atoms with E-state index in [0.717, 1.165) is 12.1 Å². The highest BCUT2D eigenvalue weighted by molar-refractivity contribution is 6.30. The zero-order valence-electron chi connectivity index (χ0n) is 12.3. The van der Waals surface area contributed by atoms with E-state index in [2.05, 4.69) is 15.1 Å². The van der Waals surface area contributed by atoms with Gasteiger partial charge in [-0.05, 0) is 18.2 Å². The van der Waals surface area contributed by atoms with Crippen LogP contribution in [0.3, 0.4) is 0 Å². The topological polar surface area (TPSA) is 81.0 Å². The number of alkyl halides is 3. The second kappa shape index (κ2) is 6.60. The van der Waals surface area contributed by atoms with Crippen molar-refractivity contribution >= 4 is 17.6 Å². The van der Waals surface area contributed by atoms with Crippen molar-refractivity contribution in [2.75, 3.05) is 0 Å². The summed E-state index contributed by atoms with van der Waals surface area (Å²) < 4.78 is 48.0. The number of aromatic nitrogens is 3. The average Bonchev–Trinajstić information content (AvgIpc) is 3.21. The Morgan fingerprint density at radius 2 is 2.12 bits per heavy atom. The van der Waals surface area contributed by atoms with E-state index >= 15 is 0 Å². The van der Waals surface area contributed by atoms with Crippen LogP contribution in [0.25, 0.3) is 11.4 Å². The zero-order chi connectivity index (χ0) is 18.0. The summed E-state index contributed by atoms with van der Waals surface area (Å²) in [6, 6.07) is 5.88. The summed E-state index contributed by atoms with van der Waals surface area (Å²) in [6.07, 6.45) is -3.06. The quantitative estimate of drug-likeness (QED) is 0.698. The van der Waals surface area contributed by atoms with E-state index in [9.17, 15) is 18.0 Å². The summed E-state index contributed by atoms with van der Waals surface area (Å²) in [5.41, 5.74) is -0.554. The van der Waals surface area contributed by atoms with Crippen LogP contribution in [-0.2, 0) is 17.5 Å². The van der Waals surface area contributed by atoms with Crippen LogP contribution in [0.5, 0.6) is 0 Å². The summed E-state index contributed by atoms with van der Waals surface area (Å²) >= 11 is 5.68. The van der Waals surface area contributed by atoms with Crippen molar-refractivity contribution in [2.45, 2.75) is 12.8 Å². The summed E-state index contributed by atoms with van der Waals surface area (Å²) in [5, 5.41) is 3.93. The third kappa shape index (κ3) is 4.00. The summed E-state index contributed by atoms with van der Waals surface area (Å²) in [5.74, 6) is -0.788. The van der Waals surface area contributed by atoms with Gasteiger partial charge in [0, 0.05) is 11.8 Å². The van der Waals surface area contributed by atoms with Gasteiger partial charge in [0.15, 0.2) is 6.61 Å². The Kier molecular flexibility index (Phi) is 4.49. The molecule has 0 fully saturated rings. The molecule has 0 aliphatic rings. The van der Waals surface area contributed by atoms with Crippen LogP contribution in [0.1, 0.15) is 21.9 Å². The van der Waals surface area contributed by atoms with Crippen molar-refractivity contribution in [1.29, 1.82) is 0 Å². The monoisotopic (exact) mass is 371 g/mol. The van der Waals surface area contributed by atoms with E-state index in [1.807, 2.05) is 0 Å². The Hall–Kier alpha value is -2.81. The molecule has 130 valence electrons. The molecule has 0 bridgehead atoms. The lowest BCUT2D eigenvalue weighted by molar-refractivity contribution is -0.137. The molecule has 0 spiro atoms. The minimum absolute atomic E-state index is 0.0416. The molecule has 0 aliphatic heterocycles. The number of rotatable bonds is 4. The number of carbonyl (C=O) groups excluding carboxylic acids is 1. The van der Waals surface area contributed by atoms with Gasteiger partial charge in [-0.25, -0.2) is 4.79 Å². The standard InChI is InChI=1S/C15H9ClF3N3O3/c16-10-5-11(20-6-10)14(23)24-7-12-21-13(22-25-12)8-2-1-3-9(4-8)15(17,18)19/h1-6,20H,7H2. The van der Waals surface area contributed by atoms with E-state index in [4.69, 9.17) is 20.9 Å². The maximum atomic E-state index is 12.7. The van der Waals surface area contributed by atoms with Gasteiger partial charge in [0.05, 0.1) is 10.6 Å². The maximum Gasteiger partial charge on any atom is 0.416 e. The second-order valence-corrected chi connectivity index (χ2v) is 5.33. The van der Waals surface area contributed by atoms with Crippen molar-refractivity contribution in [3.05, 3.63) is 58.7 Å². The van der Waals surface area contributed by atoms with E-state index in [-0.39, 0.29) is 29.6 Å². The van der Waals surface area contributed by atoms with E-state index in [1.54, 1.807) is 0 Å². The van der Waals surface area contributed by atoms with Gasteiger partial charge in [0.2, 0.25) is 5.82 Å². The number of esters is 1. The maximum absolute atomic E-state index is 12.7. The van der Waals surface area contributed by atoms with Crippen LogP contribution >= 0.6 is 11.6 Å². The highest BCUT2D eigenvalue weighted by Gasteiger charge is 2.30. The minimum Gasteiger partial charge on any atom is -0.451 e. The number of nitrogens with zero attached hydrogens (tertiary/aromatic N) is 2. The molecule has 2 heterocycles. The van der Waals surface area contributed by atoms with E-state index in [1.165, 1.54) is 24.4 Å². The van der Waals surface area contributed by atoms with Crippen molar-refractivity contribution in [3.8, 4) is 11.4 Å². The molecule has 3 aromatic rings. The number of carbonyl (C=O) groups is 1. The van der Waals surface area contributed by atoms with Gasteiger partial charge < -0.3 is 14.2 Å². The molecule has 0 unspecified atom stereocenters. The fourth-order valence-corrected chi connectivity index (χ4v) is 2.12. The van der Waals surface area contributed by atoms with Crippen LogP contribution in [-0.4, -0.2) is 21.1 Å². The van der Waals surface area contributed by atoms with Crippen molar-refractivity contribution in [1.82, 2.24) is 15.1 Å². The van der Waals surface area contributed by atoms with Gasteiger partial charge in [-0.1, -0.05) is 28.9 Å². The number of nitrogens with one attached hydrogen (secondary N) is 1. The fraction of sp³-hybridized carbons (Fsp3) is 0.133. The molecule has 0 saturated carbocycles. The Bertz CT molecular complexity index is 905.